The molecule has 0 radical (unpaired) electrons. The first kappa shape index (κ1) is 11.2. The number of halogens is 3. The molecule has 0 bridgehead atoms. The van der Waals surface area contributed by atoms with E-state index in [1.165, 1.54) is 0 Å². The van der Waals surface area contributed by atoms with Crippen molar-refractivity contribution in [2.45, 2.75) is 43.9 Å². The standard InChI is InChI=1S/C10H17F3N2/c11-10(12,13)9-2-1-7-15(9)8-3-5-14-6-4-8/h8-9,14H,1-7H2. The Morgan fingerprint density at radius 2 is 1.73 bits per heavy atom. The van der Waals surface area contributed by atoms with Gasteiger partial charge in [-0.3, -0.25) is 4.90 Å². The third-order valence-electron chi connectivity index (χ3n) is 3.45. The quantitative estimate of drug-likeness (QED) is 0.727. The molecule has 0 aliphatic carbocycles. The Morgan fingerprint density at radius 1 is 1.07 bits per heavy atom. The van der Waals surface area contributed by atoms with Gasteiger partial charge in [0.05, 0.1) is 0 Å². The number of alkyl halides is 3. The summed E-state index contributed by atoms with van der Waals surface area (Å²) in [4.78, 5) is 1.68. The van der Waals surface area contributed by atoms with Crippen molar-refractivity contribution in [1.29, 1.82) is 0 Å². The van der Waals surface area contributed by atoms with Gasteiger partial charge in [0.1, 0.15) is 6.04 Å². The van der Waals surface area contributed by atoms with Gasteiger partial charge in [0.25, 0.3) is 0 Å². The maximum atomic E-state index is 12.7. The van der Waals surface area contributed by atoms with Crippen molar-refractivity contribution >= 4 is 0 Å². The highest BCUT2D eigenvalue weighted by atomic mass is 19.4. The third-order valence-corrected chi connectivity index (χ3v) is 3.45. The first-order valence-corrected chi connectivity index (χ1v) is 5.62. The second-order valence-corrected chi connectivity index (χ2v) is 4.42. The largest absolute Gasteiger partial charge is 0.404 e. The zero-order valence-electron chi connectivity index (χ0n) is 8.69. The number of nitrogens with zero attached hydrogens (tertiary/aromatic N) is 1. The Morgan fingerprint density at radius 3 is 2.33 bits per heavy atom. The van der Waals surface area contributed by atoms with Crippen LogP contribution in [-0.4, -0.2) is 42.8 Å². The lowest BCUT2D eigenvalue weighted by Gasteiger charge is -2.36. The summed E-state index contributed by atoms with van der Waals surface area (Å²) >= 11 is 0. The average Bonchev–Trinajstić information content (AvgIpc) is 2.67. The van der Waals surface area contributed by atoms with Crippen molar-refractivity contribution in [3.05, 3.63) is 0 Å². The Hall–Kier alpha value is -0.290. The lowest BCUT2D eigenvalue weighted by atomic mass is 10.0. The van der Waals surface area contributed by atoms with Crippen LogP contribution >= 0.6 is 0 Å². The molecule has 2 fully saturated rings. The molecule has 0 aromatic carbocycles. The van der Waals surface area contributed by atoms with Crippen molar-refractivity contribution in [2.24, 2.45) is 0 Å². The molecule has 1 atom stereocenters. The van der Waals surface area contributed by atoms with E-state index >= 15 is 0 Å². The van der Waals surface area contributed by atoms with E-state index in [1.54, 1.807) is 4.90 Å². The zero-order valence-corrected chi connectivity index (χ0v) is 8.69. The Bertz CT molecular complexity index is 211. The summed E-state index contributed by atoms with van der Waals surface area (Å²) in [5.41, 5.74) is 0. The molecule has 5 heteroatoms. The third kappa shape index (κ3) is 2.45. The molecule has 1 unspecified atom stereocenters. The van der Waals surface area contributed by atoms with Gasteiger partial charge in [0.2, 0.25) is 0 Å². The number of piperidine rings is 1. The summed E-state index contributed by atoms with van der Waals surface area (Å²) in [6, 6.07) is -1.04. The summed E-state index contributed by atoms with van der Waals surface area (Å²) in [7, 11) is 0. The van der Waals surface area contributed by atoms with Crippen LogP contribution in [-0.2, 0) is 0 Å². The van der Waals surface area contributed by atoms with E-state index in [0.29, 0.717) is 13.0 Å². The molecule has 0 amide bonds. The minimum Gasteiger partial charge on any atom is -0.317 e. The predicted molar refractivity (Wildman–Crippen MR) is 51.7 cm³/mol. The highest BCUT2D eigenvalue weighted by molar-refractivity contribution is 4.90. The van der Waals surface area contributed by atoms with Gasteiger partial charge in [0, 0.05) is 6.04 Å². The first-order chi connectivity index (χ1) is 7.09. The molecule has 0 aromatic rings. The molecule has 2 nitrogen and oxygen atoms in total. The molecule has 2 aliphatic rings. The summed E-state index contributed by atoms with van der Waals surface area (Å²) in [6.45, 7) is 2.33. The maximum absolute atomic E-state index is 12.7. The summed E-state index contributed by atoms with van der Waals surface area (Å²) < 4.78 is 38.1. The SMILES string of the molecule is FC(F)(F)C1CCCN1C1CCNCC1. The van der Waals surface area contributed by atoms with E-state index in [2.05, 4.69) is 5.32 Å². The average molecular weight is 222 g/mol. The van der Waals surface area contributed by atoms with E-state index in [4.69, 9.17) is 0 Å². The van der Waals surface area contributed by atoms with Crippen LogP contribution in [0.1, 0.15) is 25.7 Å². The van der Waals surface area contributed by atoms with Gasteiger partial charge in [-0.25, -0.2) is 0 Å². The minimum absolute atomic E-state index is 0.139. The lowest BCUT2D eigenvalue weighted by molar-refractivity contribution is -0.182. The molecule has 0 aromatic heterocycles. The highest BCUT2D eigenvalue weighted by Gasteiger charge is 2.47. The van der Waals surface area contributed by atoms with Crippen molar-refractivity contribution in [1.82, 2.24) is 10.2 Å². The van der Waals surface area contributed by atoms with Crippen LogP contribution in [0.15, 0.2) is 0 Å². The summed E-state index contributed by atoms with van der Waals surface area (Å²) in [5.74, 6) is 0. The van der Waals surface area contributed by atoms with Crippen molar-refractivity contribution < 1.29 is 13.2 Å². The number of nitrogens with one attached hydrogen (secondary N) is 1. The predicted octanol–water partition coefficient (Wildman–Crippen LogP) is 1.77. The molecule has 1 N–H and O–H groups in total. The molecule has 0 spiro atoms. The molecule has 2 saturated heterocycles. The zero-order chi connectivity index (χ0) is 10.9. The monoisotopic (exact) mass is 222 g/mol. The number of hydrogen-bond donors (Lipinski definition) is 1. The molecule has 2 heterocycles. The van der Waals surface area contributed by atoms with Crippen LogP contribution in [0, 0.1) is 0 Å². The van der Waals surface area contributed by atoms with Gasteiger partial charge in [-0.2, -0.15) is 13.2 Å². The molecule has 0 saturated carbocycles. The Labute approximate surface area is 87.8 Å². The van der Waals surface area contributed by atoms with Crippen LogP contribution in [0.25, 0.3) is 0 Å². The van der Waals surface area contributed by atoms with E-state index in [-0.39, 0.29) is 12.5 Å². The van der Waals surface area contributed by atoms with Crippen molar-refractivity contribution in [3.8, 4) is 0 Å². The van der Waals surface area contributed by atoms with E-state index in [0.717, 1.165) is 25.9 Å². The topological polar surface area (TPSA) is 15.3 Å². The van der Waals surface area contributed by atoms with E-state index in [9.17, 15) is 13.2 Å². The molecule has 2 rings (SSSR count). The van der Waals surface area contributed by atoms with Gasteiger partial charge in [0.15, 0.2) is 0 Å². The van der Waals surface area contributed by atoms with Crippen LogP contribution in [0.2, 0.25) is 0 Å². The smallest absolute Gasteiger partial charge is 0.317 e. The van der Waals surface area contributed by atoms with Crippen molar-refractivity contribution in [2.75, 3.05) is 19.6 Å². The van der Waals surface area contributed by atoms with Gasteiger partial charge < -0.3 is 5.32 Å². The Kier molecular flexibility index (Phi) is 3.21. The highest BCUT2D eigenvalue weighted by Crippen LogP contribution is 2.35. The minimum atomic E-state index is -4.04. The second-order valence-electron chi connectivity index (χ2n) is 4.42. The molecule has 15 heavy (non-hydrogen) atoms. The van der Waals surface area contributed by atoms with Crippen LogP contribution in [0.5, 0.6) is 0 Å². The number of likely N-dealkylation sites (tertiary alicyclic amines) is 1. The number of rotatable bonds is 1. The van der Waals surface area contributed by atoms with Gasteiger partial charge in [-0.15, -0.1) is 0 Å². The molecule has 88 valence electrons. The maximum Gasteiger partial charge on any atom is 0.404 e. The van der Waals surface area contributed by atoms with Crippen LogP contribution in [0.4, 0.5) is 13.2 Å². The number of hydrogen-bond acceptors (Lipinski definition) is 2. The normalized spacial score (nSPS) is 31.0. The molecular formula is C10H17F3N2. The molecule has 2 aliphatic heterocycles. The fraction of sp³-hybridized carbons (Fsp3) is 1.00. The second kappa shape index (κ2) is 4.29. The van der Waals surface area contributed by atoms with Crippen LogP contribution in [0.3, 0.4) is 0 Å². The summed E-state index contributed by atoms with van der Waals surface area (Å²) in [6.07, 6.45) is -1.36. The van der Waals surface area contributed by atoms with Crippen LogP contribution < -0.4 is 5.32 Å². The summed E-state index contributed by atoms with van der Waals surface area (Å²) in [5, 5.41) is 3.18. The van der Waals surface area contributed by atoms with Crippen molar-refractivity contribution in [3.63, 3.8) is 0 Å². The van der Waals surface area contributed by atoms with Gasteiger partial charge in [-0.1, -0.05) is 0 Å². The molecular weight excluding hydrogens is 205 g/mol. The fourth-order valence-corrected chi connectivity index (χ4v) is 2.72. The lowest BCUT2D eigenvalue weighted by Crippen LogP contribution is -2.50. The van der Waals surface area contributed by atoms with Gasteiger partial charge >= 0.3 is 6.18 Å². The van der Waals surface area contributed by atoms with Gasteiger partial charge in [-0.05, 0) is 45.3 Å². The fourth-order valence-electron chi connectivity index (χ4n) is 2.72. The van der Waals surface area contributed by atoms with E-state index < -0.39 is 12.2 Å². The first-order valence-electron chi connectivity index (χ1n) is 5.62. The Balaban J connectivity index is 2.00. The van der Waals surface area contributed by atoms with E-state index in [1.807, 2.05) is 0 Å².